The van der Waals surface area contributed by atoms with Crippen LogP contribution in [0.2, 0.25) is 0 Å². The van der Waals surface area contributed by atoms with Gasteiger partial charge in [0.05, 0.1) is 19.6 Å². The normalized spacial score (nSPS) is 32.0. The maximum atomic E-state index is 11.3. The monoisotopic (exact) mass is 228 g/mol. The molecule has 3 atom stereocenters. The first-order valence-corrected chi connectivity index (χ1v) is 5.46. The van der Waals surface area contributed by atoms with Crippen molar-refractivity contribution in [3.05, 3.63) is 11.6 Å². The van der Waals surface area contributed by atoms with Crippen LogP contribution >= 0.6 is 0 Å². The van der Waals surface area contributed by atoms with Crippen molar-refractivity contribution in [2.75, 3.05) is 21.3 Å². The Hall–Kier alpha value is -0.870. The van der Waals surface area contributed by atoms with Crippen molar-refractivity contribution in [3.8, 4) is 0 Å². The Morgan fingerprint density at radius 3 is 2.50 bits per heavy atom. The van der Waals surface area contributed by atoms with Gasteiger partial charge in [-0.05, 0) is 24.8 Å². The van der Waals surface area contributed by atoms with Crippen LogP contribution < -0.4 is 0 Å². The Bertz CT molecular complexity index is 272. The van der Waals surface area contributed by atoms with E-state index < -0.39 is 0 Å². The summed E-state index contributed by atoms with van der Waals surface area (Å²) in [4.78, 5) is 11.3. The minimum atomic E-state index is -0.184. The van der Waals surface area contributed by atoms with E-state index in [0.717, 1.165) is 12.0 Å². The number of esters is 1. The number of methoxy groups -OCH3 is 3. The molecule has 1 saturated carbocycles. The molecule has 92 valence electrons. The van der Waals surface area contributed by atoms with Gasteiger partial charge in [0.2, 0.25) is 0 Å². The number of carbonyl (C=O) groups is 1. The highest BCUT2D eigenvalue weighted by Crippen LogP contribution is 2.37. The molecular weight excluding hydrogens is 208 g/mol. The Balaban J connectivity index is 2.76. The van der Waals surface area contributed by atoms with Crippen LogP contribution in [-0.4, -0.2) is 39.5 Å². The summed E-state index contributed by atoms with van der Waals surface area (Å²) in [6.07, 6.45) is 3.22. The van der Waals surface area contributed by atoms with Crippen LogP contribution in [-0.2, 0) is 19.0 Å². The fraction of sp³-hybridized carbons (Fsp3) is 0.750. The number of carbonyl (C=O) groups excluding carboxylic acids is 1. The first kappa shape index (κ1) is 13.2. The van der Waals surface area contributed by atoms with E-state index in [0.29, 0.717) is 6.42 Å². The topological polar surface area (TPSA) is 44.8 Å². The summed E-state index contributed by atoms with van der Waals surface area (Å²) in [5, 5.41) is 0. The molecule has 0 saturated heterocycles. The lowest BCUT2D eigenvalue weighted by Gasteiger charge is -2.17. The molecule has 1 fully saturated rings. The van der Waals surface area contributed by atoms with Crippen molar-refractivity contribution in [1.29, 1.82) is 0 Å². The fourth-order valence-electron chi connectivity index (χ4n) is 2.38. The molecule has 1 aliphatic carbocycles. The standard InChI is InChI=1S/C12H20O4/c1-5-9-8(7-11(13)15-3)6-10(14-2)12(9)16-4/h5,8,10,12H,6-7H2,1-4H3/b9-5+/t8-,10+,12-/m0/s1. The lowest BCUT2D eigenvalue weighted by atomic mass is 9.98. The van der Waals surface area contributed by atoms with E-state index in [-0.39, 0.29) is 24.1 Å². The van der Waals surface area contributed by atoms with Gasteiger partial charge in [-0.2, -0.15) is 0 Å². The van der Waals surface area contributed by atoms with E-state index in [2.05, 4.69) is 0 Å². The summed E-state index contributed by atoms with van der Waals surface area (Å²) in [6, 6.07) is 0. The molecule has 16 heavy (non-hydrogen) atoms. The highest BCUT2D eigenvalue weighted by atomic mass is 16.5. The zero-order valence-electron chi connectivity index (χ0n) is 10.4. The fourth-order valence-corrected chi connectivity index (χ4v) is 2.38. The van der Waals surface area contributed by atoms with Crippen LogP contribution in [0.15, 0.2) is 11.6 Å². The molecule has 0 amide bonds. The molecule has 4 nitrogen and oxygen atoms in total. The minimum Gasteiger partial charge on any atom is -0.469 e. The van der Waals surface area contributed by atoms with Gasteiger partial charge in [0, 0.05) is 14.2 Å². The van der Waals surface area contributed by atoms with E-state index in [1.54, 1.807) is 14.2 Å². The number of hydrogen-bond acceptors (Lipinski definition) is 4. The van der Waals surface area contributed by atoms with Crippen LogP contribution in [0.25, 0.3) is 0 Å². The highest BCUT2D eigenvalue weighted by molar-refractivity contribution is 5.70. The lowest BCUT2D eigenvalue weighted by molar-refractivity contribution is -0.141. The first-order chi connectivity index (χ1) is 7.67. The van der Waals surface area contributed by atoms with Gasteiger partial charge >= 0.3 is 5.97 Å². The van der Waals surface area contributed by atoms with E-state index >= 15 is 0 Å². The number of hydrogen-bond donors (Lipinski definition) is 0. The number of rotatable bonds is 4. The Kier molecular flexibility index (Phi) is 4.96. The molecule has 0 N–H and O–H groups in total. The molecule has 0 aromatic rings. The first-order valence-electron chi connectivity index (χ1n) is 5.46. The average molecular weight is 228 g/mol. The van der Waals surface area contributed by atoms with Crippen LogP contribution in [0.3, 0.4) is 0 Å². The quantitative estimate of drug-likeness (QED) is 0.541. The van der Waals surface area contributed by atoms with E-state index in [1.807, 2.05) is 13.0 Å². The minimum absolute atomic E-state index is 0.0332. The lowest BCUT2D eigenvalue weighted by Crippen LogP contribution is -2.24. The van der Waals surface area contributed by atoms with Gasteiger partial charge in [-0.3, -0.25) is 4.79 Å². The molecule has 0 unspecified atom stereocenters. The van der Waals surface area contributed by atoms with Crippen molar-refractivity contribution in [1.82, 2.24) is 0 Å². The van der Waals surface area contributed by atoms with Crippen LogP contribution in [0.5, 0.6) is 0 Å². The van der Waals surface area contributed by atoms with Crippen LogP contribution in [0.1, 0.15) is 19.8 Å². The second-order valence-corrected chi connectivity index (χ2v) is 3.93. The molecule has 4 heteroatoms. The highest BCUT2D eigenvalue weighted by Gasteiger charge is 2.39. The molecule has 0 aliphatic heterocycles. The van der Waals surface area contributed by atoms with Crippen molar-refractivity contribution in [3.63, 3.8) is 0 Å². The van der Waals surface area contributed by atoms with Gasteiger partial charge in [0.1, 0.15) is 6.10 Å². The summed E-state index contributed by atoms with van der Waals surface area (Å²) in [7, 11) is 4.75. The molecule has 1 rings (SSSR count). The summed E-state index contributed by atoms with van der Waals surface area (Å²) in [5.41, 5.74) is 1.14. The second-order valence-electron chi connectivity index (χ2n) is 3.93. The van der Waals surface area contributed by atoms with Gasteiger partial charge in [-0.25, -0.2) is 0 Å². The van der Waals surface area contributed by atoms with Gasteiger partial charge in [0.25, 0.3) is 0 Å². The molecular formula is C12H20O4. The van der Waals surface area contributed by atoms with Gasteiger partial charge < -0.3 is 14.2 Å². The molecule has 0 aromatic heterocycles. The van der Waals surface area contributed by atoms with Crippen LogP contribution in [0.4, 0.5) is 0 Å². The molecule has 0 heterocycles. The zero-order chi connectivity index (χ0) is 12.1. The van der Waals surface area contributed by atoms with E-state index in [4.69, 9.17) is 14.2 Å². The number of allylic oxidation sites excluding steroid dienone is 1. The smallest absolute Gasteiger partial charge is 0.306 e. The second kappa shape index (κ2) is 6.01. The molecule has 0 aromatic carbocycles. The summed E-state index contributed by atoms with van der Waals surface area (Å²) in [5.74, 6) is -0.0108. The third-order valence-electron chi connectivity index (χ3n) is 3.19. The maximum absolute atomic E-state index is 11.3. The Labute approximate surface area is 96.6 Å². The predicted octanol–water partition coefficient (Wildman–Crippen LogP) is 1.55. The molecule has 0 spiro atoms. The van der Waals surface area contributed by atoms with Crippen molar-refractivity contribution in [2.24, 2.45) is 5.92 Å². The molecule has 1 aliphatic rings. The van der Waals surface area contributed by atoms with Crippen molar-refractivity contribution >= 4 is 5.97 Å². The summed E-state index contributed by atoms with van der Waals surface area (Å²) in [6.45, 7) is 1.96. The summed E-state index contributed by atoms with van der Waals surface area (Å²) < 4.78 is 15.5. The molecule has 0 radical (unpaired) electrons. The Morgan fingerprint density at radius 2 is 2.06 bits per heavy atom. The third-order valence-corrected chi connectivity index (χ3v) is 3.19. The van der Waals surface area contributed by atoms with Gasteiger partial charge in [-0.1, -0.05) is 6.08 Å². The van der Waals surface area contributed by atoms with E-state index in [9.17, 15) is 4.79 Å². The van der Waals surface area contributed by atoms with Crippen molar-refractivity contribution in [2.45, 2.75) is 32.0 Å². The number of ether oxygens (including phenoxy) is 3. The Morgan fingerprint density at radius 1 is 1.38 bits per heavy atom. The van der Waals surface area contributed by atoms with E-state index in [1.165, 1.54) is 7.11 Å². The molecule has 0 bridgehead atoms. The third kappa shape index (κ3) is 2.62. The van der Waals surface area contributed by atoms with Gasteiger partial charge in [-0.15, -0.1) is 0 Å². The van der Waals surface area contributed by atoms with Gasteiger partial charge in [0.15, 0.2) is 0 Å². The predicted molar refractivity (Wildman–Crippen MR) is 60.1 cm³/mol. The zero-order valence-corrected chi connectivity index (χ0v) is 10.4. The van der Waals surface area contributed by atoms with Crippen molar-refractivity contribution < 1.29 is 19.0 Å². The maximum Gasteiger partial charge on any atom is 0.306 e. The largest absolute Gasteiger partial charge is 0.469 e. The van der Waals surface area contributed by atoms with Crippen LogP contribution in [0, 0.1) is 5.92 Å². The SMILES string of the molecule is C/C=C1\[C@H](CC(=O)OC)C[C@@H](OC)[C@H]1OC. The average Bonchev–Trinajstić information content (AvgIpc) is 2.65. The summed E-state index contributed by atoms with van der Waals surface area (Å²) >= 11 is 0.